The number of carbonyl (C=O) groups excluding carboxylic acids is 1. The van der Waals surface area contributed by atoms with E-state index in [0.717, 1.165) is 50.4 Å². The van der Waals surface area contributed by atoms with E-state index in [4.69, 9.17) is 5.26 Å². The largest absolute Gasteiger partial charge is 0.337 e. The monoisotopic (exact) mass is 340 g/mol. The lowest BCUT2D eigenvalue weighted by molar-refractivity contribution is 0.0761. The van der Waals surface area contributed by atoms with Crippen LogP contribution in [0, 0.1) is 11.3 Å². The molecule has 0 N–H and O–H groups in total. The van der Waals surface area contributed by atoms with E-state index in [1.807, 2.05) is 34.7 Å². The number of benzene rings is 1. The Morgan fingerprint density at radius 1 is 1.29 bits per heavy atom. The number of amides is 1. The van der Waals surface area contributed by atoms with Gasteiger partial charge in [-0.15, -0.1) is 11.3 Å². The third kappa shape index (κ3) is 4.19. The topological polar surface area (TPSA) is 60.2 Å². The lowest BCUT2D eigenvalue weighted by atomic mass is 10.1. The van der Waals surface area contributed by atoms with Crippen LogP contribution in [-0.4, -0.2) is 46.9 Å². The maximum Gasteiger partial charge on any atom is 0.253 e. The molecule has 0 spiro atoms. The molecule has 2 heterocycles. The van der Waals surface area contributed by atoms with E-state index in [-0.39, 0.29) is 5.91 Å². The van der Waals surface area contributed by atoms with E-state index >= 15 is 0 Å². The van der Waals surface area contributed by atoms with Crippen LogP contribution in [0.5, 0.6) is 0 Å². The van der Waals surface area contributed by atoms with Crippen LogP contribution < -0.4 is 0 Å². The highest BCUT2D eigenvalue weighted by Gasteiger charge is 2.20. The van der Waals surface area contributed by atoms with E-state index in [2.05, 4.69) is 21.3 Å². The molecule has 6 heteroatoms. The van der Waals surface area contributed by atoms with Gasteiger partial charge >= 0.3 is 0 Å². The minimum absolute atomic E-state index is 0.0605. The standard InChI is InChI=1S/C18H20N4OS/c19-6-5-15-3-1-4-16(11-15)18(23)22-8-2-7-21(9-10-22)12-17-13-24-14-20-17/h1,3-4,11,13-14H,2,5,7-10,12H2. The summed E-state index contributed by atoms with van der Waals surface area (Å²) in [4.78, 5) is 21.4. The zero-order valence-electron chi connectivity index (χ0n) is 13.5. The molecule has 0 atom stereocenters. The van der Waals surface area contributed by atoms with Crippen molar-refractivity contribution in [1.29, 1.82) is 5.26 Å². The van der Waals surface area contributed by atoms with Gasteiger partial charge in [-0.25, -0.2) is 4.98 Å². The molecule has 1 saturated heterocycles. The van der Waals surface area contributed by atoms with Crippen LogP contribution >= 0.6 is 11.3 Å². The van der Waals surface area contributed by atoms with Crippen LogP contribution in [0.15, 0.2) is 35.2 Å². The second-order valence-electron chi connectivity index (χ2n) is 5.94. The SMILES string of the molecule is N#CCc1cccc(C(=O)N2CCCN(Cc3cscn3)CC2)c1. The molecule has 0 radical (unpaired) electrons. The van der Waals surface area contributed by atoms with Crippen molar-refractivity contribution in [3.8, 4) is 6.07 Å². The smallest absolute Gasteiger partial charge is 0.253 e. The molecule has 1 aliphatic rings. The third-order valence-electron chi connectivity index (χ3n) is 4.20. The van der Waals surface area contributed by atoms with Crippen molar-refractivity contribution < 1.29 is 4.79 Å². The molecule has 24 heavy (non-hydrogen) atoms. The average Bonchev–Trinajstić information content (AvgIpc) is 2.99. The Hall–Kier alpha value is -2.23. The molecule has 0 saturated carbocycles. The highest BCUT2D eigenvalue weighted by Crippen LogP contribution is 2.13. The Labute approximate surface area is 146 Å². The van der Waals surface area contributed by atoms with Crippen LogP contribution in [-0.2, 0) is 13.0 Å². The number of thiazole rings is 1. The van der Waals surface area contributed by atoms with Gasteiger partial charge in [-0.3, -0.25) is 9.69 Å². The Balaban J connectivity index is 1.62. The van der Waals surface area contributed by atoms with Crippen molar-refractivity contribution in [2.45, 2.75) is 19.4 Å². The molecular formula is C18H20N4OS. The first-order valence-electron chi connectivity index (χ1n) is 8.11. The summed E-state index contributed by atoms with van der Waals surface area (Å²) in [7, 11) is 0. The van der Waals surface area contributed by atoms with Gasteiger partial charge in [-0.2, -0.15) is 5.26 Å². The normalized spacial score (nSPS) is 15.7. The first kappa shape index (κ1) is 16.6. The summed E-state index contributed by atoms with van der Waals surface area (Å²) in [5, 5.41) is 10.9. The van der Waals surface area contributed by atoms with Crippen molar-refractivity contribution in [1.82, 2.24) is 14.8 Å². The summed E-state index contributed by atoms with van der Waals surface area (Å²) < 4.78 is 0. The number of rotatable bonds is 4. The average molecular weight is 340 g/mol. The summed E-state index contributed by atoms with van der Waals surface area (Å²) >= 11 is 1.62. The predicted molar refractivity (Wildman–Crippen MR) is 93.7 cm³/mol. The van der Waals surface area contributed by atoms with Crippen LogP contribution in [0.2, 0.25) is 0 Å². The molecule has 0 unspecified atom stereocenters. The summed E-state index contributed by atoms with van der Waals surface area (Å²) in [6.45, 7) is 4.19. The van der Waals surface area contributed by atoms with Crippen molar-refractivity contribution in [3.05, 3.63) is 52.0 Å². The summed E-state index contributed by atoms with van der Waals surface area (Å²) in [5.74, 6) is 0.0605. The Morgan fingerprint density at radius 2 is 2.21 bits per heavy atom. The van der Waals surface area contributed by atoms with E-state index in [1.165, 1.54) is 0 Å². The minimum atomic E-state index is 0.0605. The summed E-state index contributed by atoms with van der Waals surface area (Å²) in [6.07, 6.45) is 1.30. The van der Waals surface area contributed by atoms with Crippen LogP contribution in [0.25, 0.3) is 0 Å². The molecule has 3 rings (SSSR count). The minimum Gasteiger partial charge on any atom is -0.337 e. The molecule has 1 aliphatic heterocycles. The highest BCUT2D eigenvalue weighted by molar-refractivity contribution is 7.07. The fourth-order valence-corrected chi connectivity index (χ4v) is 3.51. The lowest BCUT2D eigenvalue weighted by Crippen LogP contribution is -2.35. The lowest BCUT2D eigenvalue weighted by Gasteiger charge is -2.22. The highest BCUT2D eigenvalue weighted by atomic mass is 32.1. The first-order chi connectivity index (χ1) is 11.8. The predicted octanol–water partition coefficient (Wildman–Crippen LogP) is 2.56. The second kappa shape index (κ2) is 8.04. The van der Waals surface area contributed by atoms with Gasteiger partial charge in [-0.1, -0.05) is 12.1 Å². The molecule has 1 amide bonds. The van der Waals surface area contributed by atoms with Gasteiger partial charge in [0.15, 0.2) is 0 Å². The first-order valence-corrected chi connectivity index (χ1v) is 9.05. The molecule has 1 fully saturated rings. The number of hydrogen-bond acceptors (Lipinski definition) is 5. The molecule has 1 aromatic heterocycles. The second-order valence-corrected chi connectivity index (χ2v) is 6.66. The zero-order chi connectivity index (χ0) is 16.8. The zero-order valence-corrected chi connectivity index (χ0v) is 14.3. The van der Waals surface area contributed by atoms with Crippen molar-refractivity contribution in [3.63, 3.8) is 0 Å². The van der Waals surface area contributed by atoms with Crippen LogP contribution in [0.1, 0.15) is 28.0 Å². The van der Waals surface area contributed by atoms with Gasteiger partial charge in [0, 0.05) is 43.7 Å². The number of carbonyl (C=O) groups is 1. The van der Waals surface area contributed by atoms with Crippen molar-refractivity contribution >= 4 is 17.2 Å². The number of nitrogens with zero attached hydrogens (tertiary/aromatic N) is 4. The third-order valence-corrected chi connectivity index (χ3v) is 4.84. The van der Waals surface area contributed by atoms with E-state index in [0.29, 0.717) is 12.0 Å². The summed E-state index contributed by atoms with van der Waals surface area (Å²) in [5.41, 5.74) is 4.53. The van der Waals surface area contributed by atoms with E-state index < -0.39 is 0 Å². The van der Waals surface area contributed by atoms with Gasteiger partial charge in [0.25, 0.3) is 5.91 Å². The van der Waals surface area contributed by atoms with Crippen LogP contribution in [0.3, 0.4) is 0 Å². The van der Waals surface area contributed by atoms with Gasteiger partial charge in [0.2, 0.25) is 0 Å². The molecule has 2 aromatic rings. The molecule has 124 valence electrons. The van der Waals surface area contributed by atoms with Gasteiger partial charge in [0.05, 0.1) is 23.7 Å². The quantitative estimate of drug-likeness (QED) is 0.858. The molecule has 0 bridgehead atoms. The van der Waals surface area contributed by atoms with Gasteiger partial charge < -0.3 is 4.90 Å². The van der Waals surface area contributed by atoms with E-state index in [1.54, 1.807) is 11.3 Å². The molecular weight excluding hydrogens is 320 g/mol. The Kier molecular flexibility index (Phi) is 5.57. The van der Waals surface area contributed by atoms with Crippen molar-refractivity contribution in [2.24, 2.45) is 0 Å². The fraction of sp³-hybridized carbons (Fsp3) is 0.389. The Bertz CT molecular complexity index is 723. The van der Waals surface area contributed by atoms with E-state index in [9.17, 15) is 4.79 Å². The molecule has 1 aromatic carbocycles. The molecule has 5 nitrogen and oxygen atoms in total. The van der Waals surface area contributed by atoms with Gasteiger partial charge in [-0.05, 0) is 24.1 Å². The van der Waals surface area contributed by atoms with Crippen molar-refractivity contribution in [2.75, 3.05) is 26.2 Å². The number of hydrogen-bond donors (Lipinski definition) is 0. The molecule has 0 aliphatic carbocycles. The van der Waals surface area contributed by atoms with Gasteiger partial charge in [0.1, 0.15) is 0 Å². The summed E-state index contributed by atoms with van der Waals surface area (Å²) in [6, 6.07) is 9.54. The maximum atomic E-state index is 12.7. The number of nitriles is 1. The number of aromatic nitrogens is 1. The fourth-order valence-electron chi connectivity index (χ4n) is 2.97. The van der Waals surface area contributed by atoms with Crippen LogP contribution in [0.4, 0.5) is 0 Å². The Morgan fingerprint density at radius 3 is 3.00 bits per heavy atom. The maximum absolute atomic E-state index is 12.7.